The summed E-state index contributed by atoms with van der Waals surface area (Å²) in [5, 5.41) is 30.0. The highest BCUT2D eigenvalue weighted by molar-refractivity contribution is 5.96. The van der Waals surface area contributed by atoms with E-state index in [1.165, 1.54) is 62.4 Å². The summed E-state index contributed by atoms with van der Waals surface area (Å²) in [4.78, 5) is 89.5. The Balaban J connectivity index is 2.15. The molecule has 2 amide bonds. The summed E-state index contributed by atoms with van der Waals surface area (Å²) in [6.07, 6.45) is -3.29. The summed E-state index contributed by atoms with van der Waals surface area (Å²) in [7, 11) is 0. The van der Waals surface area contributed by atoms with Crippen molar-refractivity contribution in [1.82, 2.24) is 10.2 Å². The maximum absolute atomic E-state index is 13.1. The SMILES string of the molecule is CC(C)C(=O)[C@H](CC(=O)O)NC(=O)[C@H](CC(=O)O)N(CC(=O)O)C(=O)OCc1ccc(OC(=O)c2ccc(N=C(N)N)cc2)cc1. The number of aliphatic imine (C=N–C) groups is 1. The van der Waals surface area contributed by atoms with Crippen LogP contribution in [0.25, 0.3) is 0 Å². The van der Waals surface area contributed by atoms with E-state index in [0.717, 1.165) is 0 Å². The number of rotatable bonds is 16. The molecule has 0 aliphatic heterocycles. The third-order valence-electron chi connectivity index (χ3n) is 6.05. The Bertz CT molecular complexity index is 1480. The summed E-state index contributed by atoms with van der Waals surface area (Å²) in [6.45, 7) is 1.29. The fourth-order valence-corrected chi connectivity index (χ4v) is 3.89. The third-order valence-corrected chi connectivity index (χ3v) is 6.05. The Labute approximate surface area is 261 Å². The van der Waals surface area contributed by atoms with E-state index in [1.54, 1.807) is 0 Å². The van der Waals surface area contributed by atoms with Gasteiger partial charge in [-0.3, -0.25) is 28.9 Å². The van der Waals surface area contributed by atoms with Gasteiger partial charge in [0.05, 0.1) is 30.1 Å². The highest BCUT2D eigenvalue weighted by Gasteiger charge is 2.37. The van der Waals surface area contributed by atoms with Crippen molar-refractivity contribution in [1.29, 1.82) is 0 Å². The molecule has 0 unspecified atom stereocenters. The van der Waals surface area contributed by atoms with Crippen LogP contribution in [0.15, 0.2) is 53.5 Å². The lowest BCUT2D eigenvalue weighted by molar-refractivity contribution is -0.146. The molecule has 0 bridgehead atoms. The lowest BCUT2D eigenvalue weighted by Crippen LogP contribution is -2.56. The Morgan fingerprint density at radius 3 is 1.93 bits per heavy atom. The molecule has 0 saturated carbocycles. The van der Waals surface area contributed by atoms with Gasteiger partial charge in [0.15, 0.2) is 11.7 Å². The topological polar surface area (TPSA) is 278 Å². The first-order valence-corrected chi connectivity index (χ1v) is 13.5. The van der Waals surface area contributed by atoms with Crippen molar-refractivity contribution in [2.45, 2.75) is 45.4 Å². The van der Waals surface area contributed by atoms with Gasteiger partial charge in [-0.15, -0.1) is 0 Å². The molecule has 0 aliphatic carbocycles. The molecule has 0 heterocycles. The molecule has 46 heavy (non-hydrogen) atoms. The molecule has 2 rings (SSSR count). The Kier molecular flexibility index (Phi) is 13.2. The van der Waals surface area contributed by atoms with Gasteiger partial charge in [0.1, 0.15) is 24.9 Å². The second kappa shape index (κ2) is 16.7. The number of hydrogen-bond donors (Lipinski definition) is 6. The number of hydrogen-bond acceptors (Lipinski definition) is 10. The minimum absolute atomic E-state index is 0.130. The van der Waals surface area contributed by atoms with Gasteiger partial charge < -0.3 is 41.6 Å². The predicted molar refractivity (Wildman–Crippen MR) is 158 cm³/mol. The summed E-state index contributed by atoms with van der Waals surface area (Å²) in [6, 6.07) is 7.99. The lowest BCUT2D eigenvalue weighted by atomic mass is 9.98. The quantitative estimate of drug-likeness (QED) is 0.0641. The number of ketones is 1. The first kappa shape index (κ1) is 36.2. The number of nitrogens with one attached hydrogen (secondary N) is 1. The molecule has 0 saturated heterocycles. The fourth-order valence-electron chi connectivity index (χ4n) is 3.89. The summed E-state index contributed by atoms with van der Waals surface area (Å²) < 4.78 is 10.4. The van der Waals surface area contributed by atoms with Crippen molar-refractivity contribution in [2.75, 3.05) is 6.54 Å². The van der Waals surface area contributed by atoms with Crippen molar-refractivity contribution in [2.24, 2.45) is 22.4 Å². The number of esters is 1. The molecule has 246 valence electrons. The zero-order valence-electron chi connectivity index (χ0n) is 24.7. The minimum Gasteiger partial charge on any atom is -0.481 e. The van der Waals surface area contributed by atoms with E-state index in [4.69, 9.17) is 26.0 Å². The zero-order chi connectivity index (χ0) is 34.6. The first-order valence-electron chi connectivity index (χ1n) is 13.5. The standard InChI is InChI=1S/C29H33N5O12/c1-15(2)25(41)20(11-22(35)36)33-26(42)21(12-23(37)38)34(13-24(39)40)29(44)45-14-16-3-9-19(10-4-16)46-27(43)17-5-7-18(8-6-17)32-28(30)31/h3-10,15,20-21H,11-14H2,1-2H3,(H,33,42)(H,35,36)(H,37,38)(H,39,40)(H4,30,31,32)/t20-,21-/m0/s1. The second-order valence-electron chi connectivity index (χ2n) is 10.0. The summed E-state index contributed by atoms with van der Waals surface area (Å²) >= 11 is 0. The normalized spacial score (nSPS) is 11.8. The molecule has 2 aromatic carbocycles. The maximum atomic E-state index is 13.1. The molecule has 0 fully saturated rings. The van der Waals surface area contributed by atoms with Crippen LogP contribution in [0.2, 0.25) is 0 Å². The number of carbonyl (C=O) groups excluding carboxylic acids is 4. The number of amides is 2. The van der Waals surface area contributed by atoms with E-state index in [-0.39, 0.29) is 17.3 Å². The van der Waals surface area contributed by atoms with E-state index < -0.39 is 85.7 Å². The van der Waals surface area contributed by atoms with Gasteiger partial charge in [-0.25, -0.2) is 14.6 Å². The number of nitrogens with zero attached hydrogens (tertiary/aromatic N) is 2. The highest BCUT2D eigenvalue weighted by Crippen LogP contribution is 2.18. The van der Waals surface area contributed by atoms with Gasteiger partial charge in [0, 0.05) is 5.92 Å². The van der Waals surface area contributed by atoms with Crippen LogP contribution in [0.3, 0.4) is 0 Å². The largest absolute Gasteiger partial charge is 0.481 e. The molecule has 0 aromatic heterocycles. The number of benzene rings is 2. The lowest BCUT2D eigenvalue weighted by Gasteiger charge is -2.29. The molecular formula is C29H33N5O12. The number of carbonyl (C=O) groups is 7. The number of aliphatic carboxylic acids is 3. The third kappa shape index (κ3) is 11.6. The van der Waals surface area contributed by atoms with Crippen molar-refractivity contribution in [3.05, 3.63) is 59.7 Å². The van der Waals surface area contributed by atoms with Gasteiger partial charge >= 0.3 is 30.0 Å². The summed E-state index contributed by atoms with van der Waals surface area (Å²) in [5.41, 5.74) is 11.6. The molecular weight excluding hydrogens is 610 g/mol. The van der Waals surface area contributed by atoms with E-state index in [1.807, 2.05) is 0 Å². The molecule has 8 N–H and O–H groups in total. The zero-order valence-corrected chi connectivity index (χ0v) is 24.7. The molecule has 0 radical (unpaired) electrons. The Morgan fingerprint density at radius 1 is 0.848 bits per heavy atom. The van der Waals surface area contributed by atoms with Crippen LogP contribution >= 0.6 is 0 Å². The van der Waals surface area contributed by atoms with E-state index in [2.05, 4.69) is 10.3 Å². The van der Waals surface area contributed by atoms with Crippen LogP contribution < -0.4 is 21.5 Å². The Morgan fingerprint density at radius 2 is 1.43 bits per heavy atom. The van der Waals surface area contributed by atoms with Crippen LogP contribution in [0, 0.1) is 5.92 Å². The van der Waals surface area contributed by atoms with Gasteiger partial charge in [0.25, 0.3) is 0 Å². The second-order valence-corrected chi connectivity index (χ2v) is 10.0. The van der Waals surface area contributed by atoms with Crippen LogP contribution in [0.1, 0.15) is 42.6 Å². The Hall–Kier alpha value is -6.00. The van der Waals surface area contributed by atoms with Crippen molar-refractivity contribution < 1.29 is 58.4 Å². The monoisotopic (exact) mass is 643 g/mol. The van der Waals surface area contributed by atoms with Gasteiger partial charge in [-0.2, -0.15) is 0 Å². The van der Waals surface area contributed by atoms with E-state index >= 15 is 0 Å². The molecule has 2 aromatic rings. The number of carboxylic acids is 3. The summed E-state index contributed by atoms with van der Waals surface area (Å²) in [5.74, 6) is -8.00. The number of ether oxygens (including phenoxy) is 2. The highest BCUT2D eigenvalue weighted by atomic mass is 16.6. The van der Waals surface area contributed by atoms with Crippen molar-refractivity contribution >= 4 is 53.3 Å². The van der Waals surface area contributed by atoms with Crippen LogP contribution in [-0.2, 0) is 35.3 Å². The average Bonchev–Trinajstić information content (AvgIpc) is 2.97. The van der Waals surface area contributed by atoms with E-state index in [9.17, 15) is 43.8 Å². The molecule has 17 heteroatoms. The smallest absolute Gasteiger partial charge is 0.411 e. The molecule has 0 spiro atoms. The van der Waals surface area contributed by atoms with Crippen LogP contribution in [0.5, 0.6) is 5.75 Å². The van der Waals surface area contributed by atoms with Crippen LogP contribution in [0.4, 0.5) is 10.5 Å². The van der Waals surface area contributed by atoms with Crippen molar-refractivity contribution in [3.63, 3.8) is 0 Å². The maximum Gasteiger partial charge on any atom is 0.411 e. The molecule has 2 atom stereocenters. The average molecular weight is 644 g/mol. The number of Topliss-reactive ketones (excluding diaryl/α,β-unsaturated/α-hetero) is 1. The van der Waals surface area contributed by atoms with Gasteiger partial charge in [0.2, 0.25) is 5.91 Å². The first-order chi connectivity index (χ1) is 21.6. The minimum atomic E-state index is -1.98. The molecule has 17 nitrogen and oxygen atoms in total. The van der Waals surface area contributed by atoms with Gasteiger partial charge in [-0.1, -0.05) is 26.0 Å². The fraction of sp³-hybridized carbons (Fsp3) is 0.310. The van der Waals surface area contributed by atoms with Crippen molar-refractivity contribution in [3.8, 4) is 5.75 Å². The number of carboxylic acid groups (broad SMARTS) is 3. The van der Waals surface area contributed by atoms with Gasteiger partial charge in [-0.05, 0) is 42.0 Å². The number of nitrogens with two attached hydrogens (primary N) is 2. The molecule has 0 aliphatic rings. The van der Waals surface area contributed by atoms with E-state index in [0.29, 0.717) is 16.2 Å². The van der Waals surface area contributed by atoms with Crippen LogP contribution in [-0.4, -0.2) is 86.5 Å². The number of guanidine groups is 1. The predicted octanol–water partition coefficient (Wildman–Crippen LogP) is 0.862.